The van der Waals surface area contributed by atoms with Crippen molar-refractivity contribution in [3.63, 3.8) is 0 Å². The first-order valence-corrected chi connectivity index (χ1v) is 13.5. The van der Waals surface area contributed by atoms with Crippen LogP contribution < -0.4 is 16.0 Å². The van der Waals surface area contributed by atoms with E-state index in [1.165, 1.54) is 12.8 Å². The number of aryl methyl sites for hydroxylation is 2. The number of nitrogens with one attached hydrogen (secondary N) is 3. The van der Waals surface area contributed by atoms with Gasteiger partial charge in [-0.2, -0.15) is 0 Å². The number of urea groups is 2. The minimum absolute atomic E-state index is 0.182. The molecule has 4 rings (SSSR count). The number of hydrogen-bond acceptors (Lipinski definition) is 3. The van der Waals surface area contributed by atoms with Crippen LogP contribution in [0.1, 0.15) is 51.2 Å². The van der Waals surface area contributed by atoms with Gasteiger partial charge in [0.05, 0.1) is 12.7 Å². The van der Waals surface area contributed by atoms with Gasteiger partial charge in [-0.1, -0.05) is 57.2 Å². The molecule has 2 saturated carbocycles. The second-order valence-electron chi connectivity index (χ2n) is 11.4. The number of fused-ring (bicyclic) bond motifs is 2. The fourth-order valence-electron chi connectivity index (χ4n) is 6.09. The normalized spacial score (nSPS) is 23.5. The topological polar surface area (TPSA) is 82.7 Å². The van der Waals surface area contributed by atoms with E-state index in [1.807, 2.05) is 62.4 Å². The zero-order chi connectivity index (χ0) is 26.6. The number of ether oxygens (including phenoxy) is 1. The maximum absolute atomic E-state index is 13.2. The molecule has 7 nitrogen and oxygen atoms in total. The van der Waals surface area contributed by atoms with E-state index >= 15 is 0 Å². The average molecular weight is 507 g/mol. The average Bonchev–Trinajstić information content (AvgIpc) is 3.19. The van der Waals surface area contributed by atoms with Gasteiger partial charge in [-0.3, -0.25) is 0 Å². The molecule has 0 aromatic heterocycles. The highest BCUT2D eigenvalue weighted by Gasteiger charge is 2.61. The zero-order valence-corrected chi connectivity index (χ0v) is 22.9. The molecule has 4 amide bonds. The van der Waals surface area contributed by atoms with Crippen LogP contribution in [0, 0.1) is 30.6 Å². The van der Waals surface area contributed by atoms with E-state index in [1.54, 1.807) is 4.90 Å². The molecular weight excluding hydrogens is 464 g/mol. The lowest BCUT2D eigenvalue weighted by molar-refractivity contribution is -0.0494. The van der Waals surface area contributed by atoms with Crippen molar-refractivity contribution in [1.29, 1.82) is 0 Å². The Morgan fingerprint density at radius 3 is 2.14 bits per heavy atom. The van der Waals surface area contributed by atoms with Gasteiger partial charge in [0.15, 0.2) is 0 Å². The van der Waals surface area contributed by atoms with Crippen LogP contribution in [0.5, 0.6) is 0 Å². The smallest absolute Gasteiger partial charge is 0.321 e. The third-order valence-electron chi connectivity index (χ3n) is 9.13. The van der Waals surface area contributed by atoms with Crippen molar-refractivity contribution in [1.82, 2.24) is 10.2 Å². The lowest BCUT2D eigenvalue weighted by Gasteiger charge is -2.39. The lowest BCUT2D eigenvalue weighted by Crippen LogP contribution is -2.44. The second kappa shape index (κ2) is 11.1. The third kappa shape index (κ3) is 5.77. The predicted octanol–water partition coefficient (Wildman–Crippen LogP) is 6.19. The highest BCUT2D eigenvalue weighted by atomic mass is 16.5. The molecule has 2 aliphatic rings. The second-order valence-corrected chi connectivity index (χ2v) is 11.4. The number of rotatable bonds is 9. The fourth-order valence-corrected chi connectivity index (χ4v) is 6.09. The standard InChI is InChI=1S/C30H42N4O3/c1-21-10-6-8-12-24(21)32-27(35)31-16-17-34(28(36)33-25-13-9-7-11-22(25)2)18-19-37-26-20-23-14-15-30(26,5)29(23,3)4/h6-13,23,26H,14-20H2,1-5H3,(H,33,36)(H2,31,32,35)/t23-,26-,30+/m1/s1. The Morgan fingerprint density at radius 2 is 1.57 bits per heavy atom. The van der Waals surface area contributed by atoms with Crippen molar-refractivity contribution < 1.29 is 14.3 Å². The summed E-state index contributed by atoms with van der Waals surface area (Å²) >= 11 is 0. The lowest BCUT2D eigenvalue weighted by atomic mass is 9.70. The van der Waals surface area contributed by atoms with Gasteiger partial charge in [0.1, 0.15) is 0 Å². The Kier molecular flexibility index (Phi) is 8.12. The monoisotopic (exact) mass is 506 g/mol. The summed E-state index contributed by atoms with van der Waals surface area (Å²) in [6.07, 6.45) is 3.80. The van der Waals surface area contributed by atoms with Gasteiger partial charge in [-0.05, 0) is 73.1 Å². The van der Waals surface area contributed by atoms with Gasteiger partial charge in [-0.25, -0.2) is 9.59 Å². The van der Waals surface area contributed by atoms with Gasteiger partial charge >= 0.3 is 12.1 Å². The van der Waals surface area contributed by atoms with Gasteiger partial charge < -0.3 is 25.6 Å². The van der Waals surface area contributed by atoms with Gasteiger partial charge in [0.2, 0.25) is 0 Å². The highest BCUT2D eigenvalue weighted by Crippen LogP contribution is 2.66. The molecule has 2 aromatic carbocycles. The van der Waals surface area contributed by atoms with Crippen molar-refractivity contribution in [2.75, 3.05) is 36.9 Å². The number of carbonyl (C=O) groups is 2. The largest absolute Gasteiger partial charge is 0.376 e. The molecule has 3 atom stereocenters. The molecule has 0 spiro atoms. The number of nitrogens with zero attached hydrogens (tertiary/aromatic N) is 1. The quantitative estimate of drug-likeness (QED) is 0.379. The van der Waals surface area contributed by atoms with Crippen LogP contribution in [-0.2, 0) is 4.74 Å². The third-order valence-corrected chi connectivity index (χ3v) is 9.13. The minimum Gasteiger partial charge on any atom is -0.376 e. The molecule has 0 saturated heterocycles. The molecule has 2 fully saturated rings. The van der Waals surface area contributed by atoms with Gasteiger partial charge in [0.25, 0.3) is 0 Å². The Labute approximate surface area is 221 Å². The Balaban J connectivity index is 1.33. The van der Waals surface area contributed by atoms with Crippen molar-refractivity contribution in [3.05, 3.63) is 59.7 Å². The van der Waals surface area contributed by atoms with Crippen LogP contribution in [0.15, 0.2) is 48.5 Å². The van der Waals surface area contributed by atoms with Gasteiger partial charge in [0, 0.05) is 31.0 Å². The fraction of sp³-hybridized carbons (Fsp3) is 0.533. The van der Waals surface area contributed by atoms with Crippen LogP contribution in [0.2, 0.25) is 0 Å². The van der Waals surface area contributed by atoms with Gasteiger partial charge in [-0.15, -0.1) is 0 Å². The molecule has 0 heterocycles. The van der Waals surface area contributed by atoms with E-state index in [0.717, 1.165) is 28.9 Å². The molecule has 200 valence electrons. The summed E-state index contributed by atoms with van der Waals surface area (Å²) in [6, 6.07) is 14.9. The number of hydrogen-bond donors (Lipinski definition) is 3. The molecule has 7 heteroatoms. The molecule has 2 bridgehead atoms. The molecular formula is C30H42N4O3. The van der Waals surface area contributed by atoms with E-state index in [0.29, 0.717) is 32.2 Å². The van der Waals surface area contributed by atoms with Crippen molar-refractivity contribution in [2.24, 2.45) is 16.7 Å². The Hall–Kier alpha value is -3.06. The molecule has 0 aliphatic heterocycles. The number of amides is 4. The van der Waals surface area contributed by atoms with E-state index in [9.17, 15) is 9.59 Å². The summed E-state index contributed by atoms with van der Waals surface area (Å²) < 4.78 is 6.43. The maximum atomic E-state index is 13.2. The molecule has 37 heavy (non-hydrogen) atoms. The molecule has 2 aliphatic carbocycles. The number of anilines is 2. The van der Waals surface area contributed by atoms with Crippen LogP contribution in [0.25, 0.3) is 0 Å². The summed E-state index contributed by atoms with van der Waals surface area (Å²) in [4.78, 5) is 27.4. The van der Waals surface area contributed by atoms with Crippen LogP contribution >= 0.6 is 0 Å². The minimum atomic E-state index is -0.290. The first-order chi connectivity index (χ1) is 17.6. The van der Waals surface area contributed by atoms with Crippen molar-refractivity contribution in [2.45, 2.75) is 60.0 Å². The van der Waals surface area contributed by atoms with E-state index in [4.69, 9.17) is 4.74 Å². The number of carbonyl (C=O) groups excluding carboxylic acids is 2. The Bertz CT molecular complexity index is 1120. The first-order valence-electron chi connectivity index (χ1n) is 13.5. The van der Waals surface area contributed by atoms with Crippen LogP contribution in [-0.4, -0.2) is 49.3 Å². The summed E-state index contributed by atoms with van der Waals surface area (Å²) in [5.74, 6) is 0.707. The van der Waals surface area contributed by atoms with E-state index < -0.39 is 0 Å². The molecule has 0 unspecified atom stereocenters. The first kappa shape index (κ1) is 27.0. The van der Waals surface area contributed by atoms with Crippen molar-refractivity contribution in [3.8, 4) is 0 Å². The van der Waals surface area contributed by atoms with Crippen molar-refractivity contribution >= 4 is 23.4 Å². The number of benzene rings is 2. The molecule has 2 aromatic rings. The maximum Gasteiger partial charge on any atom is 0.321 e. The summed E-state index contributed by atoms with van der Waals surface area (Å²) in [6.45, 7) is 12.7. The predicted molar refractivity (Wildman–Crippen MR) is 149 cm³/mol. The van der Waals surface area contributed by atoms with Crippen LogP contribution in [0.4, 0.5) is 21.0 Å². The van der Waals surface area contributed by atoms with Crippen LogP contribution in [0.3, 0.4) is 0 Å². The summed E-state index contributed by atoms with van der Waals surface area (Å²) in [5, 5.41) is 8.78. The summed E-state index contributed by atoms with van der Waals surface area (Å²) in [7, 11) is 0. The molecule has 3 N–H and O–H groups in total. The number of para-hydroxylation sites is 2. The van der Waals surface area contributed by atoms with E-state index in [2.05, 4.69) is 36.7 Å². The summed E-state index contributed by atoms with van der Waals surface area (Å²) in [5.41, 5.74) is 4.01. The Morgan fingerprint density at radius 1 is 0.946 bits per heavy atom. The van der Waals surface area contributed by atoms with E-state index in [-0.39, 0.29) is 29.0 Å². The SMILES string of the molecule is Cc1ccccc1NC(=O)NCCN(CCO[C@@H]1C[C@H]2CC[C@]1(C)C2(C)C)C(=O)Nc1ccccc1C. The molecule has 0 radical (unpaired) electrons. The highest BCUT2D eigenvalue weighted by molar-refractivity contribution is 5.91. The zero-order valence-electron chi connectivity index (χ0n) is 22.9.